The third-order valence-electron chi connectivity index (χ3n) is 2.22. The Balaban J connectivity index is 2.20. The molecule has 1 amide bonds. The van der Waals surface area contributed by atoms with E-state index in [1.807, 2.05) is 6.92 Å². The highest BCUT2D eigenvalue weighted by molar-refractivity contribution is 14.1. The Hall–Kier alpha value is -1.23. The van der Waals surface area contributed by atoms with Crippen LogP contribution < -0.4 is 10.8 Å². The number of aromatic nitrogens is 1. The molecule has 2 aromatic rings. The van der Waals surface area contributed by atoms with E-state index in [1.165, 1.54) is 11.3 Å². The fraction of sp³-hybridized carbons (Fsp3) is 0.0909. The average molecular weight is 391 g/mol. The third-order valence-corrected chi connectivity index (χ3v) is 3.99. The highest BCUT2D eigenvalue weighted by atomic mass is 127. The maximum absolute atomic E-state index is 12.1. The minimum atomic E-state index is -0.264. The predicted molar refractivity (Wildman–Crippen MR) is 81.3 cm³/mol. The van der Waals surface area contributed by atoms with Gasteiger partial charge in [-0.25, -0.2) is 15.7 Å². The van der Waals surface area contributed by atoms with Crippen molar-refractivity contribution < 1.29 is 15.0 Å². The van der Waals surface area contributed by atoms with Crippen LogP contribution in [-0.4, -0.2) is 16.1 Å². The molecule has 1 aromatic carbocycles. The van der Waals surface area contributed by atoms with Gasteiger partial charge in [0.05, 0.1) is 11.3 Å². The molecule has 100 valence electrons. The zero-order valence-corrected chi connectivity index (χ0v) is 12.8. The molecule has 0 saturated heterocycles. The summed E-state index contributed by atoms with van der Waals surface area (Å²) in [6.45, 7) is 1.92. The van der Waals surface area contributed by atoms with Crippen molar-refractivity contribution in [3.63, 3.8) is 0 Å². The maximum atomic E-state index is 12.1. The van der Waals surface area contributed by atoms with Crippen LogP contribution in [0.15, 0.2) is 24.4 Å². The van der Waals surface area contributed by atoms with Crippen molar-refractivity contribution in [3.05, 3.63) is 38.4 Å². The smallest absolute Gasteiger partial charge is 0.258 e. The average Bonchev–Trinajstić information content (AvgIpc) is 2.77. The first-order valence-corrected chi connectivity index (χ1v) is 7.09. The van der Waals surface area contributed by atoms with E-state index in [2.05, 4.69) is 43.4 Å². The Kier molecular flexibility index (Phi) is 4.69. The highest BCUT2D eigenvalue weighted by Gasteiger charge is 2.12. The summed E-state index contributed by atoms with van der Waals surface area (Å²) in [7, 11) is 0. The van der Waals surface area contributed by atoms with Crippen molar-refractivity contribution in [2.45, 2.75) is 6.92 Å². The molecule has 0 atom stereocenters. The van der Waals surface area contributed by atoms with Crippen LogP contribution in [0, 0.1) is 10.5 Å². The molecule has 3 N–H and O–H groups in total. The lowest BCUT2D eigenvalue weighted by Gasteiger charge is -2.07. The predicted octanol–water partition coefficient (Wildman–Crippen LogP) is 3.12. The molecule has 0 spiro atoms. The number of nitrogens with one attached hydrogen (secondary N) is 2. The maximum Gasteiger partial charge on any atom is 0.258 e. The molecule has 0 bridgehead atoms. The van der Waals surface area contributed by atoms with Gasteiger partial charge in [0.1, 0.15) is 0 Å². The summed E-state index contributed by atoms with van der Waals surface area (Å²) in [5.74, 6) is -0.264. The molecule has 0 aliphatic heterocycles. The number of carbonyl (C=O) groups excluding carboxylic acids is 1. The lowest BCUT2D eigenvalue weighted by Crippen LogP contribution is -2.13. The summed E-state index contributed by atoms with van der Waals surface area (Å²) in [5.41, 5.74) is 3.20. The molecular weight excluding hydrogens is 381 g/mol. The van der Waals surface area contributed by atoms with Gasteiger partial charge in [-0.1, -0.05) is 0 Å². The molecular formula is C11H10IN3O3S. The van der Waals surface area contributed by atoms with Gasteiger partial charge in [-0.05, 0) is 47.7 Å². The molecule has 19 heavy (non-hydrogen) atoms. The monoisotopic (exact) mass is 391 g/mol. The first kappa shape index (κ1) is 14.2. The van der Waals surface area contributed by atoms with E-state index in [0.29, 0.717) is 16.4 Å². The van der Waals surface area contributed by atoms with Crippen molar-refractivity contribution >= 4 is 50.7 Å². The third kappa shape index (κ3) is 3.62. The van der Waals surface area contributed by atoms with Crippen LogP contribution in [0.25, 0.3) is 0 Å². The van der Waals surface area contributed by atoms with Crippen molar-refractivity contribution in [2.24, 2.45) is 0 Å². The van der Waals surface area contributed by atoms with Gasteiger partial charge in [0.15, 0.2) is 5.13 Å². The van der Waals surface area contributed by atoms with Crippen LogP contribution in [0.5, 0.6) is 0 Å². The first-order valence-electron chi connectivity index (χ1n) is 5.20. The van der Waals surface area contributed by atoms with Gasteiger partial charge in [0, 0.05) is 14.6 Å². The van der Waals surface area contributed by atoms with Crippen molar-refractivity contribution in [2.75, 3.05) is 10.8 Å². The summed E-state index contributed by atoms with van der Waals surface area (Å²) in [4.78, 5) is 21.0. The molecule has 6 nitrogen and oxygen atoms in total. The van der Waals surface area contributed by atoms with E-state index in [1.54, 1.807) is 24.4 Å². The molecule has 0 fully saturated rings. The number of benzene rings is 1. The zero-order chi connectivity index (χ0) is 13.8. The fourth-order valence-electron chi connectivity index (χ4n) is 1.39. The normalized spacial score (nSPS) is 10.3. The quantitative estimate of drug-likeness (QED) is 0.424. The molecule has 0 unspecified atom stereocenters. The number of hydrogen-bond donors (Lipinski definition) is 3. The van der Waals surface area contributed by atoms with Crippen LogP contribution in [0.4, 0.5) is 10.8 Å². The second-order valence-corrected chi connectivity index (χ2v) is 6.02. The largest absolute Gasteiger partial charge is 0.298 e. The number of halogens is 1. The lowest BCUT2D eigenvalue weighted by atomic mass is 10.2. The number of hydrogen-bond acceptors (Lipinski definition) is 6. The molecule has 0 saturated carbocycles. The molecule has 1 heterocycles. The number of amides is 1. The second kappa shape index (κ2) is 6.28. The molecule has 8 heteroatoms. The van der Waals surface area contributed by atoms with Crippen molar-refractivity contribution in [1.82, 2.24) is 4.98 Å². The van der Waals surface area contributed by atoms with Gasteiger partial charge in [-0.15, -0.1) is 16.3 Å². The summed E-state index contributed by atoms with van der Waals surface area (Å²) >= 11 is 3.46. The zero-order valence-electron chi connectivity index (χ0n) is 9.81. The number of carbonyl (C=O) groups is 1. The number of aryl methyl sites for hydroxylation is 1. The summed E-state index contributed by atoms with van der Waals surface area (Å²) in [6.07, 6.45) is 1.70. The van der Waals surface area contributed by atoms with Gasteiger partial charge < -0.3 is 0 Å². The van der Waals surface area contributed by atoms with Gasteiger partial charge in [0.2, 0.25) is 0 Å². The van der Waals surface area contributed by atoms with Gasteiger partial charge in [-0.3, -0.25) is 10.1 Å². The van der Waals surface area contributed by atoms with E-state index >= 15 is 0 Å². The Morgan fingerprint density at radius 1 is 1.53 bits per heavy atom. The van der Waals surface area contributed by atoms with Crippen molar-refractivity contribution in [1.29, 1.82) is 0 Å². The van der Waals surface area contributed by atoms with Crippen LogP contribution in [0.1, 0.15) is 15.2 Å². The minimum Gasteiger partial charge on any atom is -0.298 e. The van der Waals surface area contributed by atoms with E-state index in [4.69, 9.17) is 5.26 Å². The molecule has 0 aliphatic carbocycles. The van der Waals surface area contributed by atoms with E-state index < -0.39 is 0 Å². The Morgan fingerprint density at radius 2 is 2.32 bits per heavy atom. The van der Waals surface area contributed by atoms with E-state index in [-0.39, 0.29) is 5.91 Å². The van der Waals surface area contributed by atoms with E-state index in [9.17, 15) is 4.79 Å². The summed E-state index contributed by atoms with van der Waals surface area (Å²) in [5, 5.41) is 11.6. The van der Waals surface area contributed by atoms with Gasteiger partial charge in [0.25, 0.3) is 5.91 Å². The molecule has 0 aliphatic rings. The van der Waals surface area contributed by atoms with Crippen LogP contribution in [-0.2, 0) is 4.99 Å². The molecule has 1 aromatic heterocycles. The fourth-order valence-corrected chi connectivity index (χ4v) is 2.63. The standard InChI is InChI=1S/C11H10IN3O3S/c1-6-5-13-11(19-6)14-10(16)8-4-7(15-18-17)2-3-9(8)12/h2-5,15,17H,1H3,(H,13,14,16). The number of thiazole rings is 1. The summed E-state index contributed by atoms with van der Waals surface area (Å²) < 4.78 is 0.784. The number of nitrogens with zero attached hydrogens (tertiary/aromatic N) is 1. The molecule has 0 radical (unpaired) electrons. The van der Waals surface area contributed by atoms with Crippen LogP contribution in [0.3, 0.4) is 0 Å². The van der Waals surface area contributed by atoms with Crippen LogP contribution in [0.2, 0.25) is 0 Å². The number of rotatable bonds is 4. The molecule has 2 rings (SSSR count). The number of anilines is 2. The topological polar surface area (TPSA) is 83.5 Å². The Morgan fingerprint density at radius 3 is 2.95 bits per heavy atom. The lowest BCUT2D eigenvalue weighted by molar-refractivity contribution is -0.215. The van der Waals surface area contributed by atoms with Crippen LogP contribution >= 0.6 is 33.9 Å². The SMILES string of the molecule is Cc1cnc(NC(=O)c2cc(NOO)ccc2I)s1. The summed E-state index contributed by atoms with van der Waals surface area (Å²) in [6, 6.07) is 5.00. The van der Waals surface area contributed by atoms with Crippen molar-refractivity contribution in [3.8, 4) is 0 Å². The minimum absolute atomic E-state index is 0.264. The van der Waals surface area contributed by atoms with Gasteiger partial charge >= 0.3 is 0 Å². The Labute approximate surface area is 126 Å². The van der Waals surface area contributed by atoms with E-state index in [0.717, 1.165) is 8.45 Å². The first-order chi connectivity index (χ1) is 9.10. The Bertz CT molecular complexity index is 603. The van der Waals surface area contributed by atoms with Gasteiger partial charge in [-0.2, -0.15) is 0 Å². The highest BCUT2D eigenvalue weighted by Crippen LogP contribution is 2.21. The second-order valence-electron chi connectivity index (χ2n) is 3.62.